The SMILES string of the molecule is Cc1cc(NC2CCN(C(=O)c3ccccn3)C2)nc(-c2ccncc2)n1. The fourth-order valence-corrected chi connectivity index (χ4v) is 3.20. The summed E-state index contributed by atoms with van der Waals surface area (Å²) < 4.78 is 0. The van der Waals surface area contributed by atoms with E-state index in [2.05, 4.69) is 25.3 Å². The summed E-state index contributed by atoms with van der Waals surface area (Å²) in [5, 5.41) is 3.45. The number of aryl methyl sites for hydroxylation is 1. The lowest BCUT2D eigenvalue weighted by molar-refractivity contribution is 0.0786. The van der Waals surface area contributed by atoms with Crippen molar-refractivity contribution in [2.75, 3.05) is 18.4 Å². The van der Waals surface area contributed by atoms with Crippen LogP contribution in [0.15, 0.2) is 55.0 Å². The molecule has 0 aliphatic carbocycles. The van der Waals surface area contributed by atoms with Crippen molar-refractivity contribution in [1.82, 2.24) is 24.8 Å². The Balaban J connectivity index is 1.46. The molecule has 0 bridgehead atoms. The van der Waals surface area contributed by atoms with E-state index in [0.717, 1.165) is 23.5 Å². The predicted octanol–water partition coefficient (Wildman–Crippen LogP) is 2.57. The Hall–Kier alpha value is -3.35. The lowest BCUT2D eigenvalue weighted by Crippen LogP contribution is -2.32. The first-order valence-electron chi connectivity index (χ1n) is 8.92. The summed E-state index contributed by atoms with van der Waals surface area (Å²) in [6.07, 6.45) is 5.97. The lowest BCUT2D eigenvalue weighted by Gasteiger charge is -2.17. The molecule has 0 saturated carbocycles. The van der Waals surface area contributed by atoms with Crippen LogP contribution in [0.4, 0.5) is 5.82 Å². The van der Waals surface area contributed by atoms with Crippen LogP contribution in [0.1, 0.15) is 22.6 Å². The highest BCUT2D eigenvalue weighted by molar-refractivity contribution is 5.92. The van der Waals surface area contributed by atoms with Crippen molar-refractivity contribution in [3.05, 3.63) is 66.4 Å². The lowest BCUT2D eigenvalue weighted by atomic mass is 10.2. The number of pyridine rings is 2. The highest BCUT2D eigenvalue weighted by atomic mass is 16.2. The Bertz CT molecular complexity index is 932. The van der Waals surface area contributed by atoms with Crippen LogP contribution in [0.2, 0.25) is 0 Å². The van der Waals surface area contributed by atoms with Crippen LogP contribution in [0.5, 0.6) is 0 Å². The van der Waals surface area contributed by atoms with Crippen molar-refractivity contribution in [1.29, 1.82) is 0 Å². The second kappa shape index (κ2) is 7.49. The number of likely N-dealkylation sites (tertiary alicyclic amines) is 1. The van der Waals surface area contributed by atoms with E-state index >= 15 is 0 Å². The molecule has 1 aliphatic heterocycles. The molecule has 1 atom stereocenters. The molecule has 1 unspecified atom stereocenters. The van der Waals surface area contributed by atoms with Crippen molar-refractivity contribution in [2.24, 2.45) is 0 Å². The van der Waals surface area contributed by atoms with E-state index in [1.54, 1.807) is 24.7 Å². The van der Waals surface area contributed by atoms with Crippen molar-refractivity contribution >= 4 is 11.7 Å². The summed E-state index contributed by atoms with van der Waals surface area (Å²) in [5.74, 6) is 1.40. The summed E-state index contributed by atoms with van der Waals surface area (Å²) in [6.45, 7) is 3.28. The third kappa shape index (κ3) is 3.92. The summed E-state index contributed by atoms with van der Waals surface area (Å²) >= 11 is 0. The number of hydrogen-bond acceptors (Lipinski definition) is 6. The molecular formula is C20H20N6O. The van der Waals surface area contributed by atoms with Crippen molar-refractivity contribution in [3.63, 3.8) is 0 Å². The first-order chi connectivity index (χ1) is 13.2. The number of amides is 1. The number of anilines is 1. The predicted molar refractivity (Wildman–Crippen MR) is 102 cm³/mol. The summed E-state index contributed by atoms with van der Waals surface area (Å²) in [6, 6.07) is 11.2. The first-order valence-corrected chi connectivity index (χ1v) is 8.92. The van der Waals surface area contributed by atoms with Gasteiger partial charge >= 0.3 is 0 Å². The van der Waals surface area contributed by atoms with Gasteiger partial charge < -0.3 is 10.2 Å². The van der Waals surface area contributed by atoms with Crippen molar-refractivity contribution < 1.29 is 4.79 Å². The Labute approximate surface area is 157 Å². The quantitative estimate of drug-likeness (QED) is 0.770. The number of hydrogen-bond donors (Lipinski definition) is 1. The van der Waals surface area contributed by atoms with Gasteiger partial charge in [0.25, 0.3) is 5.91 Å². The molecular weight excluding hydrogens is 340 g/mol. The van der Waals surface area contributed by atoms with Crippen LogP contribution in [0.25, 0.3) is 11.4 Å². The monoisotopic (exact) mass is 360 g/mol. The van der Waals surface area contributed by atoms with Crippen LogP contribution in [-0.2, 0) is 0 Å². The Kier molecular flexibility index (Phi) is 4.74. The zero-order chi connectivity index (χ0) is 18.6. The number of rotatable bonds is 4. The molecule has 1 N–H and O–H groups in total. The maximum absolute atomic E-state index is 12.5. The minimum absolute atomic E-state index is 0.0313. The van der Waals surface area contributed by atoms with Crippen molar-refractivity contribution in [3.8, 4) is 11.4 Å². The number of aromatic nitrogens is 4. The van der Waals surface area contributed by atoms with Gasteiger partial charge in [0.2, 0.25) is 0 Å². The molecule has 0 spiro atoms. The molecule has 1 amide bonds. The van der Waals surface area contributed by atoms with Gasteiger partial charge in [0.1, 0.15) is 11.5 Å². The van der Waals surface area contributed by atoms with E-state index in [4.69, 9.17) is 0 Å². The van der Waals surface area contributed by atoms with Gasteiger partial charge in [-0.25, -0.2) is 9.97 Å². The topological polar surface area (TPSA) is 83.9 Å². The second-order valence-corrected chi connectivity index (χ2v) is 6.55. The average molecular weight is 360 g/mol. The zero-order valence-corrected chi connectivity index (χ0v) is 15.0. The van der Waals surface area contributed by atoms with Gasteiger partial charge in [-0.3, -0.25) is 14.8 Å². The molecule has 7 nitrogen and oxygen atoms in total. The molecule has 1 aliphatic rings. The normalized spacial score (nSPS) is 16.3. The second-order valence-electron chi connectivity index (χ2n) is 6.55. The highest BCUT2D eigenvalue weighted by Crippen LogP contribution is 2.20. The van der Waals surface area contributed by atoms with Gasteiger partial charge in [0.05, 0.1) is 0 Å². The smallest absolute Gasteiger partial charge is 0.272 e. The van der Waals surface area contributed by atoms with Gasteiger partial charge in [-0.05, 0) is 37.6 Å². The van der Waals surface area contributed by atoms with Gasteiger partial charge in [0.15, 0.2) is 5.82 Å². The molecule has 1 fully saturated rings. The summed E-state index contributed by atoms with van der Waals surface area (Å²) in [4.78, 5) is 31.7. The van der Waals surface area contributed by atoms with Crippen LogP contribution >= 0.6 is 0 Å². The Morgan fingerprint density at radius 2 is 2.00 bits per heavy atom. The summed E-state index contributed by atoms with van der Waals surface area (Å²) in [5.41, 5.74) is 2.30. The fraction of sp³-hybridized carbons (Fsp3) is 0.250. The fourth-order valence-electron chi connectivity index (χ4n) is 3.20. The molecule has 136 valence electrons. The maximum atomic E-state index is 12.5. The van der Waals surface area contributed by atoms with Crippen LogP contribution in [-0.4, -0.2) is 49.9 Å². The van der Waals surface area contributed by atoms with Crippen LogP contribution in [0, 0.1) is 6.92 Å². The van der Waals surface area contributed by atoms with Gasteiger partial charge in [-0.15, -0.1) is 0 Å². The van der Waals surface area contributed by atoms with E-state index in [0.29, 0.717) is 24.6 Å². The molecule has 3 aromatic heterocycles. The van der Waals surface area contributed by atoms with E-state index < -0.39 is 0 Å². The first kappa shape index (κ1) is 17.1. The van der Waals surface area contributed by atoms with E-state index in [1.807, 2.05) is 42.2 Å². The molecule has 27 heavy (non-hydrogen) atoms. The van der Waals surface area contributed by atoms with E-state index in [9.17, 15) is 4.79 Å². The molecule has 7 heteroatoms. The van der Waals surface area contributed by atoms with Crippen LogP contribution in [0.3, 0.4) is 0 Å². The standard InChI is InChI=1S/C20H20N6O/c1-14-12-18(25-19(23-14)15-5-9-21-10-6-15)24-16-7-11-26(13-16)20(27)17-4-2-3-8-22-17/h2-6,8-10,12,16H,7,11,13H2,1H3,(H,23,24,25). The molecule has 0 radical (unpaired) electrons. The molecule has 1 saturated heterocycles. The minimum atomic E-state index is -0.0313. The molecule has 0 aromatic carbocycles. The van der Waals surface area contributed by atoms with E-state index in [-0.39, 0.29) is 11.9 Å². The minimum Gasteiger partial charge on any atom is -0.365 e. The number of carbonyl (C=O) groups excluding carboxylic acids is 1. The molecule has 3 aromatic rings. The Morgan fingerprint density at radius 1 is 1.15 bits per heavy atom. The number of nitrogens with zero attached hydrogens (tertiary/aromatic N) is 5. The third-order valence-corrected chi connectivity index (χ3v) is 4.50. The van der Waals surface area contributed by atoms with Gasteiger partial charge in [0, 0.05) is 55.0 Å². The number of nitrogens with one attached hydrogen (secondary N) is 1. The third-order valence-electron chi connectivity index (χ3n) is 4.50. The largest absolute Gasteiger partial charge is 0.365 e. The van der Waals surface area contributed by atoms with Gasteiger partial charge in [-0.1, -0.05) is 6.07 Å². The number of carbonyl (C=O) groups is 1. The summed E-state index contributed by atoms with van der Waals surface area (Å²) in [7, 11) is 0. The zero-order valence-electron chi connectivity index (χ0n) is 15.0. The molecule has 4 rings (SSSR count). The highest BCUT2D eigenvalue weighted by Gasteiger charge is 2.27. The van der Waals surface area contributed by atoms with Crippen molar-refractivity contribution in [2.45, 2.75) is 19.4 Å². The molecule has 4 heterocycles. The average Bonchev–Trinajstić information content (AvgIpc) is 3.17. The van der Waals surface area contributed by atoms with Crippen LogP contribution < -0.4 is 5.32 Å². The Morgan fingerprint density at radius 3 is 2.78 bits per heavy atom. The van der Waals surface area contributed by atoms with Gasteiger partial charge in [-0.2, -0.15) is 0 Å². The van der Waals surface area contributed by atoms with E-state index in [1.165, 1.54) is 0 Å². The maximum Gasteiger partial charge on any atom is 0.272 e.